The van der Waals surface area contributed by atoms with Crippen LogP contribution >= 0.6 is 0 Å². The summed E-state index contributed by atoms with van der Waals surface area (Å²) < 4.78 is 7.35. The van der Waals surface area contributed by atoms with E-state index in [1.54, 1.807) is 35.3 Å². The third-order valence-corrected chi connectivity index (χ3v) is 3.14. The Morgan fingerprint density at radius 3 is 2.68 bits per heavy atom. The molecule has 0 saturated carbocycles. The monoisotopic (exact) mass is 294 g/mol. The fraction of sp³-hybridized carbons (Fsp3) is 0.0625. The lowest BCUT2D eigenvalue weighted by Gasteiger charge is -2.08. The molecule has 110 valence electrons. The first-order chi connectivity index (χ1) is 10.7. The molecule has 0 unspecified atom stereocenters. The van der Waals surface area contributed by atoms with Crippen LogP contribution in [-0.4, -0.2) is 20.7 Å². The average molecular weight is 294 g/mol. The lowest BCUT2D eigenvalue weighted by Crippen LogP contribution is -2.10. The first-order valence-electron chi connectivity index (χ1n) is 6.69. The lowest BCUT2D eigenvalue weighted by atomic mass is 10.2. The van der Waals surface area contributed by atoms with Crippen LogP contribution in [0.2, 0.25) is 0 Å². The number of hydrogen-bond donors (Lipinski definition) is 1. The zero-order valence-electron chi connectivity index (χ0n) is 11.7. The Balaban J connectivity index is 1.66. The van der Waals surface area contributed by atoms with Gasteiger partial charge in [-0.2, -0.15) is 5.10 Å². The number of nitrogens with zero attached hydrogens (tertiary/aromatic N) is 3. The highest BCUT2D eigenvalue weighted by Crippen LogP contribution is 2.16. The SMILES string of the molecule is NC(=O)c1cccc(OCc2ccc(-n3cncn3)cc2)c1. The summed E-state index contributed by atoms with van der Waals surface area (Å²) in [6.07, 6.45) is 3.13. The van der Waals surface area contributed by atoms with E-state index < -0.39 is 5.91 Å². The number of carbonyl (C=O) groups is 1. The van der Waals surface area contributed by atoms with Crippen molar-refractivity contribution in [3.8, 4) is 11.4 Å². The Morgan fingerprint density at radius 2 is 2.00 bits per heavy atom. The number of nitrogens with two attached hydrogens (primary N) is 1. The number of aromatic nitrogens is 3. The van der Waals surface area contributed by atoms with E-state index in [0.717, 1.165) is 11.3 Å². The zero-order chi connectivity index (χ0) is 15.4. The molecule has 3 rings (SSSR count). The van der Waals surface area contributed by atoms with Gasteiger partial charge >= 0.3 is 0 Å². The van der Waals surface area contributed by atoms with E-state index in [0.29, 0.717) is 17.9 Å². The Labute approximate surface area is 127 Å². The van der Waals surface area contributed by atoms with E-state index in [4.69, 9.17) is 10.5 Å². The van der Waals surface area contributed by atoms with Gasteiger partial charge in [-0.25, -0.2) is 9.67 Å². The van der Waals surface area contributed by atoms with E-state index in [1.165, 1.54) is 6.33 Å². The molecule has 0 bridgehead atoms. The first-order valence-corrected chi connectivity index (χ1v) is 6.69. The Hall–Kier alpha value is -3.15. The highest BCUT2D eigenvalue weighted by Gasteiger charge is 2.03. The molecule has 6 nitrogen and oxygen atoms in total. The number of amides is 1. The second-order valence-corrected chi connectivity index (χ2v) is 4.69. The highest BCUT2D eigenvalue weighted by molar-refractivity contribution is 5.93. The van der Waals surface area contributed by atoms with Gasteiger partial charge in [0, 0.05) is 5.56 Å². The number of ether oxygens (including phenoxy) is 1. The molecule has 1 amide bonds. The number of hydrogen-bond acceptors (Lipinski definition) is 4. The summed E-state index contributed by atoms with van der Waals surface area (Å²) in [7, 11) is 0. The number of primary amides is 1. The van der Waals surface area contributed by atoms with Gasteiger partial charge in [0.1, 0.15) is 25.0 Å². The Morgan fingerprint density at radius 1 is 1.18 bits per heavy atom. The molecule has 0 aliphatic heterocycles. The minimum absolute atomic E-state index is 0.403. The topological polar surface area (TPSA) is 83.0 Å². The number of carbonyl (C=O) groups excluding carboxylic acids is 1. The van der Waals surface area contributed by atoms with Crippen molar-refractivity contribution in [2.24, 2.45) is 5.73 Å². The normalized spacial score (nSPS) is 10.4. The van der Waals surface area contributed by atoms with Gasteiger partial charge < -0.3 is 10.5 Å². The van der Waals surface area contributed by atoms with Crippen LogP contribution in [0.3, 0.4) is 0 Å². The van der Waals surface area contributed by atoms with Gasteiger partial charge in [-0.1, -0.05) is 18.2 Å². The largest absolute Gasteiger partial charge is 0.489 e. The van der Waals surface area contributed by atoms with Crippen LogP contribution in [0.15, 0.2) is 61.2 Å². The summed E-state index contributed by atoms with van der Waals surface area (Å²) in [5, 5.41) is 4.07. The fourth-order valence-electron chi connectivity index (χ4n) is 1.99. The van der Waals surface area contributed by atoms with Gasteiger partial charge in [0.2, 0.25) is 5.91 Å². The smallest absolute Gasteiger partial charge is 0.248 e. The molecule has 1 heterocycles. The summed E-state index contributed by atoms with van der Waals surface area (Å²) in [5.41, 5.74) is 7.61. The van der Waals surface area contributed by atoms with Crippen LogP contribution in [0.1, 0.15) is 15.9 Å². The molecule has 6 heteroatoms. The zero-order valence-corrected chi connectivity index (χ0v) is 11.7. The predicted molar refractivity (Wildman–Crippen MR) is 80.7 cm³/mol. The Bertz CT molecular complexity index is 767. The van der Waals surface area contributed by atoms with Gasteiger partial charge in [0.25, 0.3) is 0 Å². The molecule has 0 radical (unpaired) electrons. The van der Waals surface area contributed by atoms with E-state index in [2.05, 4.69) is 10.1 Å². The van der Waals surface area contributed by atoms with E-state index in [1.807, 2.05) is 24.3 Å². The van der Waals surface area contributed by atoms with Crippen LogP contribution < -0.4 is 10.5 Å². The van der Waals surface area contributed by atoms with Gasteiger partial charge in [-0.15, -0.1) is 0 Å². The maximum absolute atomic E-state index is 11.1. The summed E-state index contributed by atoms with van der Waals surface area (Å²) in [6.45, 7) is 0.403. The Kier molecular flexibility index (Phi) is 3.82. The molecule has 2 N–H and O–H groups in total. The summed E-state index contributed by atoms with van der Waals surface area (Å²) in [5.74, 6) is 0.138. The molecule has 1 aromatic heterocycles. The molecule has 3 aromatic rings. The van der Waals surface area contributed by atoms with E-state index in [9.17, 15) is 4.79 Å². The summed E-state index contributed by atoms with van der Waals surface area (Å²) >= 11 is 0. The van der Waals surface area contributed by atoms with E-state index >= 15 is 0 Å². The quantitative estimate of drug-likeness (QED) is 0.779. The molecule has 2 aromatic carbocycles. The third-order valence-electron chi connectivity index (χ3n) is 3.14. The van der Waals surface area contributed by atoms with Gasteiger partial charge in [0.15, 0.2) is 0 Å². The second-order valence-electron chi connectivity index (χ2n) is 4.69. The van der Waals surface area contributed by atoms with Crippen LogP contribution in [0.4, 0.5) is 0 Å². The number of rotatable bonds is 5. The van der Waals surface area contributed by atoms with Crippen molar-refractivity contribution in [3.05, 3.63) is 72.3 Å². The molecule has 0 aliphatic carbocycles. The molecule has 0 spiro atoms. The lowest BCUT2D eigenvalue weighted by molar-refractivity contribution is 0.1000. The van der Waals surface area contributed by atoms with Gasteiger partial charge in [-0.05, 0) is 35.9 Å². The minimum Gasteiger partial charge on any atom is -0.489 e. The number of benzene rings is 2. The van der Waals surface area contributed by atoms with Crippen molar-refractivity contribution in [2.75, 3.05) is 0 Å². The van der Waals surface area contributed by atoms with Crippen molar-refractivity contribution in [3.63, 3.8) is 0 Å². The van der Waals surface area contributed by atoms with Crippen LogP contribution in [0.5, 0.6) is 5.75 Å². The van der Waals surface area contributed by atoms with Gasteiger partial charge in [0.05, 0.1) is 5.69 Å². The maximum Gasteiger partial charge on any atom is 0.248 e. The highest BCUT2D eigenvalue weighted by atomic mass is 16.5. The summed E-state index contributed by atoms with van der Waals surface area (Å²) in [6, 6.07) is 14.6. The molecule has 22 heavy (non-hydrogen) atoms. The van der Waals surface area contributed by atoms with Crippen LogP contribution in [-0.2, 0) is 6.61 Å². The fourth-order valence-corrected chi connectivity index (χ4v) is 1.99. The standard InChI is InChI=1S/C16H14N4O2/c17-16(21)13-2-1-3-15(8-13)22-9-12-4-6-14(7-5-12)20-11-18-10-19-20/h1-8,10-11H,9H2,(H2,17,21). The van der Waals surface area contributed by atoms with Crippen molar-refractivity contribution in [2.45, 2.75) is 6.61 Å². The second kappa shape index (κ2) is 6.09. The summed E-state index contributed by atoms with van der Waals surface area (Å²) in [4.78, 5) is 15.0. The third kappa shape index (κ3) is 3.12. The molecule has 0 fully saturated rings. The molecule has 0 saturated heterocycles. The van der Waals surface area contributed by atoms with Crippen LogP contribution in [0.25, 0.3) is 5.69 Å². The molecular formula is C16H14N4O2. The van der Waals surface area contributed by atoms with Crippen molar-refractivity contribution in [1.29, 1.82) is 0 Å². The van der Waals surface area contributed by atoms with Crippen molar-refractivity contribution in [1.82, 2.24) is 14.8 Å². The molecule has 0 atom stereocenters. The molecule has 0 aliphatic rings. The minimum atomic E-state index is -0.470. The predicted octanol–water partition coefficient (Wildman–Crippen LogP) is 1.95. The van der Waals surface area contributed by atoms with Crippen molar-refractivity contribution >= 4 is 5.91 Å². The maximum atomic E-state index is 11.1. The van der Waals surface area contributed by atoms with Crippen LogP contribution in [0, 0.1) is 0 Å². The van der Waals surface area contributed by atoms with E-state index in [-0.39, 0.29) is 0 Å². The first kappa shape index (κ1) is 13.8. The van der Waals surface area contributed by atoms with Crippen molar-refractivity contribution < 1.29 is 9.53 Å². The van der Waals surface area contributed by atoms with Gasteiger partial charge in [-0.3, -0.25) is 4.79 Å². The average Bonchev–Trinajstić information content (AvgIpc) is 3.08. The molecular weight excluding hydrogens is 280 g/mol.